The summed E-state index contributed by atoms with van der Waals surface area (Å²) in [5, 5.41) is 15.8. The largest absolute Gasteiger partial charge is 0.505 e. The van der Waals surface area contributed by atoms with Crippen molar-refractivity contribution >= 4 is 5.96 Å². The number of nitrogens with zero attached hydrogens (tertiary/aromatic N) is 2. The van der Waals surface area contributed by atoms with Gasteiger partial charge in [0.2, 0.25) is 0 Å². The van der Waals surface area contributed by atoms with Crippen molar-refractivity contribution in [3.05, 3.63) is 29.6 Å². The molecule has 25 heavy (non-hydrogen) atoms. The van der Waals surface area contributed by atoms with Crippen LogP contribution in [0.4, 0.5) is 4.39 Å². The molecule has 1 unspecified atom stereocenters. The standard InChI is InChI=1S/C18H29FN4O2/c1-13(2)16(23-6-8-25-9-7-23)12-22-18(20-3)21-11-14-4-5-17(24)15(19)10-14/h4-5,10,13,16,24H,6-9,11-12H2,1-3H3,(H2,20,21,22). The summed E-state index contributed by atoms with van der Waals surface area (Å²) in [6.07, 6.45) is 0. The smallest absolute Gasteiger partial charge is 0.191 e. The van der Waals surface area contributed by atoms with Gasteiger partial charge in [0.05, 0.1) is 13.2 Å². The van der Waals surface area contributed by atoms with Crippen molar-refractivity contribution in [3.8, 4) is 5.75 Å². The molecule has 0 aromatic heterocycles. The van der Waals surface area contributed by atoms with Crippen LogP contribution < -0.4 is 10.6 Å². The van der Waals surface area contributed by atoms with Crippen LogP contribution in [0, 0.1) is 11.7 Å². The van der Waals surface area contributed by atoms with Crippen LogP contribution in [0.5, 0.6) is 5.75 Å². The van der Waals surface area contributed by atoms with Crippen molar-refractivity contribution in [1.82, 2.24) is 15.5 Å². The van der Waals surface area contributed by atoms with Gasteiger partial charge in [-0.1, -0.05) is 19.9 Å². The molecular formula is C18H29FN4O2. The van der Waals surface area contributed by atoms with E-state index in [1.807, 2.05) is 0 Å². The van der Waals surface area contributed by atoms with Crippen molar-refractivity contribution in [2.24, 2.45) is 10.9 Å². The van der Waals surface area contributed by atoms with Gasteiger partial charge < -0.3 is 20.5 Å². The minimum absolute atomic E-state index is 0.337. The number of hydrogen-bond acceptors (Lipinski definition) is 4. The summed E-state index contributed by atoms with van der Waals surface area (Å²) in [6, 6.07) is 4.76. The van der Waals surface area contributed by atoms with Crippen molar-refractivity contribution in [2.75, 3.05) is 39.9 Å². The summed E-state index contributed by atoms with van der Waals surface area (Å²) in [5.74, 6) is 0.230. The third-order valence-corrected chi connectivity index (χ3v) is 4.46. The summed E-state index contributed by atoms with van der Waals surface area (Å²) in [7, 11) is 1.71. The molecule has 1 aromatic carbocycles. The van der Waals surface area contributed by atoms with Crippen LogP contribution in [0.3, 0.4) is 0 Å². The molecule has 0 spiro atoms. The lowest BCUT2D eigenvalue weighted by Crippen LogP contribution is -2.52. The Bertz CT molecular complexity index is 574. The van der Waals surface area contributed by atoms with E-state index in [1.54, 1.807) is 13.1 Å². The number of guanidine groups is 1. The second-order valence-corrected chi connectivity index (χ2v) is 6.55. The molecule has 2 rings (SSSR count). The van der Waals surface area contributed by atoms with Gasteiger partial charge >= 0.3 is 0 Å². The molecule has 1 aromatic rings. The molecule has 6 nitrogen and oxygen atoms in total. The highest BCUT2D eigenvalue weighted by Crippen LogP contribution is 2.16. The fraction of sp³-hybridized carbons (Fsp3) is 0.611. The minimum Gasteiger partial charge on any atom is -0.505 e. The Labute approximate surface area is 149 Å². The first-order valence-corrected chi connectivity index (χ1v) is 8.75. The number of phenols is 1. The molecule has 1 heterocycles. The van der Waals surface area contributed by atoms with Gasteiger partial charge in [-0.3, -0.25) is 9.89 Å². The van der Waals surface area contributed by atoms with Crippen molar-refractivity contribution < 1.29 is 14.2 Å². The number of nitrogens with one attached hydrogen (secondary N) is 2. The summed E-state index contributed by atoms with van der Waals surface area (Å²) in [4.78, 5) is 6.68. The molecule has 0 radical (unpaired) electrons. The Balaban J connectivity index is 1.86. The number of aliphatic imine (C=N–C) groups is 1. The van der Waals surface area contributed by atoms with Crippen molar-refractivity contribution in [1.29, 1.82) is 0 Å². The second-order valence-electron chi connectivity index (χ2n) is 6.55. The number of aromatic hydroxyl groups is 1. The Morgan fingerprint density at radius 1 is 1.32 bits per heavy atom. The molecule has 1 saturated heterocycles. The van der Waals surface area contributed by atoms with E-state index in [0.717, 1.165) is 38.4 Å². The zero-order valence-corrected chi connectivity index (χ0v) is 15.3. The molecule has 1 atom stereocenters. The number of ether oxygens (including phenoxy) is 1. The normalized spacial score (nSPS) is 17.6. The summed E-state index contributed by atoms with van der Waals surface area (Å²) in [6.45, 7) is 9.11. The number of hydrogen-bond donors (Lipinski definition) is 3. The average Bonchev–Trinajstić information content (AvgIpc) is 2.61. The van der Waals surface area contributed by atoms with Gasteiger partial charge in [0, 0.05) is 39.3 Å². The number of benzene rings is 1. The second kappa shape index (κ2) is 9.58. The van der Waals surface area contributed by atoms with Gasteiger partial charge in [-0.05, 0) is 23.6 Å². The maximum absolute atomic E-state index is 13.4. The molecule has 1 aliphatic heterocycles. The van der Waals surface area contributed by atoms with Gasteiger partial charge in [0.25, 0.3) is 0 Å². The Morgan fingerprint density at radius 3 is 2.64 bits per heavy atom. The highest BCUT2D eigenvalue weighted by Gasteiger charge is 2.23. The summed E-state index contributed by atoms with van der Waals surface area (Å²) in [5.41, 5.74) is 0.742. The predicted molar refractivity (Wildman–Crippen MR) is 97.3 cm³/mol. The third-order valence-electron chi connectivity index (χ3n) is 4.46. The zero-order valence-electron chi connectivity index (χ0n) is 15.3. The zero-order chi connectivity index (χ0) is 18.2. The van der Waals surface area contributed by atoms with Crippen LogP contribution in [0.15, 0.2) is 23.2 Å². The Morgan fingerprint density at radius 2 is 2.04 bits per heavy atom. The van der Waals surface area contributed by atoms with Gasteiger partial charge in [0.1, 0.15) is 0 Å². The van der Waals surface area contributed by atoms with Crippen LogP contribution in [0.25, 0.3) is 0 Å². The molecule has 0 bridgehead atoms. The predicted octanol–water partition coefficient (Wildman–Crippen LogP) is 1.55. The molecule has 0 saturated carbocycles. The fourth-order valence-electron chi connectivity index (χ4n) is 2.96. The summed E-state index contributed by atoms with van der Waals surface area (Å²) < 4.78 is 18.8. The van der Waals surface area contributed by atoms with E-state index < -0.39 is 5.82 Å². The molecule has 0 amide bonds. The van der Waals surface area contributed by atoms with Crippen molar-refractivity contribution in [3.63, 3.8) is 0 Å². The minimum atomic E-state index is -0.616. The first-order chi connectivity index (χ1) is 12.0. The van der Waals surface area contributed by atoms with Gasteiger partial charge in [-0.15, -0.1) is 0 Å². The Kier molecular flexibility index (Phi) is 7.46. The Hall–Kier alpha value is -1.86. The SMILES string of the molecule is CN=C(NCc1ccc(O)c(F)c1)NCC(C(C)C)N1CCOCC1. The van der Waals surface area contributed by atoms with E-state index >= 15 is 0 Å². The van der Waals surface area contributed by atoms with Crippen molar-refractivity contribution in [2.45, 2.75) is 26.4 Å². The maximum Gasteiger partial charge on any atom is 0.191 e. The number of halogens is 1. The van der Waals surface area contributed by atoms with E-state index in [-0.39, 0.29) is 5.75 Å². The van der Waals surface area contributed by atoms with E-state index in [0.29, 0.717) is 24.5 Å². The molecule has 3 N–H and O–H groups in total. The topological polar surface area (TPSA) is 69.1 Å². The van der Waals surface area contributed by atoms with E-state index in [2.05, 4.69) is 34.4 Å². The maximum atomic E-state index is 13.4. The molecule has 1 fully saturated rings. The van der Waals surface area contributed by atoms with Crippen LogP contribution in [0.2, 0.25) is 0 Å². The first-order valence-electron chi connectivity index (χ1n) is 8.75. The van der Waals surface area contributed by atoms with Gasteiger partial charge in [-0.25, -0.2) is 4.39 Å². The lowest BCUT2D eigenvalue weighted by atomic mass is 10.0. The molecule has 7 heteroatoms. The van der Waals surface area contributed by atoms with Gasteiger partial charge in [-0.2, -0.15) is 0 Å². The monoisotopic (exact) mass is 352 g/mol. The lowest BCUT2D eigenvalue weighted by Gasteiger charge is -2.37. The first kappa shape index (κ1) is 19.5. The third kappa shape index (κ3) is 5.86. The van der Waals surface area contributed by atoms with Crippen LogP contribution >= 0.6 is 0 Å². The molecule has 0 aliphatic carbocycles. The lowest BCUT2D eigenvalue weighted by molar-refractivity contribution is 0.00752. The molecular weight excluding hydrogens is 323 g/mol. The van der Waals surface area contributed by atoms with Crippen LogP contribution in [-0.4, -0.2) is 61.9 Å². The van der Waals surface area contributed by atoms with E-state index in [1.165, 1.54) is 12.1 Å². The van der Waals surface area contributed by atoms with E-state index in [9.17, 15) is 9.50 Å². The summed E-state index contributed by atoms with van der Waals surface area (Å²) >= 11 is 0. The highest BCUT2D eigenvalue weighted by molar-refractivity contribution is 5.79. The number of morpholine rings is 1. The highest BCUT2D eigenvalue weighted by atomic mass is 19.1. The average molecular weight is 352 g/mol. The molecule has 1 aliphatic rings. The van der Waals surface area contributed by atoms with E-state index in [4.69, 9.17) is 4.74 Å². The number of rotatable bonds is 6. The number of phenolic OH excluding ortho intramolecular Hbond substituents is 1. The van der Waals surface area contributed by atoms with Crippen LogP contribution in [-0.2, 0) is 11.3 Å². The molecule has 140 valence electrons. The van der Waals surface area contributed by atoms with Gasteiger partial charge in [0.15, 0.2) is 17.5 Å². The quantitative estimate of drug-likeness (QED) is 0.535. The fourth-order valence-corrected chi connectivity index (χ4v) is 2.96. The van der Waals surface area contributed by atoms with Crippen LogP contribution in [0.1, 0.15) is 19.4 Å².